The summed E-state index contributed by atoms with van der Waals surface area (Å²) in [4.78, 5) is 22.7. The number of imidazole rings is 1. The Morgan fingerprint density at radius 2 is 1.92 bits per heavy atom. The van der Waals surface area contributed by atoms with Crippen molar-refractivity contribution in [2.24, 2.45) is 5.92 Å². The van der Waals surface area contributed by atoms with E-state index in [0.717, 1.165) is 62.3 Å². The minimum atomic E-state index is 0. The molecule has 0 saturated carbocycles. The normalized spacial score (nSPS) is 20.6. The summed E-state index contributed by atoms with van der Waals surface area (Å²) in [6, 6.07) is 8.17. The second-order valence-electron chi connectivity index (χ2n) is 7.19. The fourth-order valence-corrected chi connectivity index (χ4v) is 4.01. The molecule has 1 unspecified atom stereocenters. The molecular formula is C19H28Cl2N4O. The third kappa shape index (κ3) is 4.70. The number of hydrogen-bond donors (Lipinski definition) is 2. The number of fused-ring (bicyclic) bond motifs is 1. The summed E-state index contributed by atoms with van der Waals surface area (Å²) in [5.41, 5.74) is 2.15. The number of aromatic amines is 1. The van der Waals surface area contributed by atoms with Gasteiger partial charge in [0.1, 0.15) is 5.82 Å². The van der Waals surface area contributed by atoms with E-state index in [2.05, 4.69) is 21.3 Å². The van der Waals surface area contributed by atoms with E-state index >= 15 is 0 Å². The first-order chi connectivity index (χ1) is 11.8. The van der Waals surface area contributed by atoms with Crippen molar-refractivity contribution in [1.29, 1.82) is 0 Å². The van der Waals surface area contributed by atoms with Crippen LogP contribution in [0.3, 0.4) is 0 Å². The second-order valence-corrected chi connectivity index (χ2v) is 7.19. The van der Waals surface area contributed by atoms with Gasteiger partial charge >= 0.3 is 0 Å². The topological polar surface area (TPSA) is 61.0 Å². The standard InChI is InChI=1S/C19H26N4O.2ClH/c24-18(6-5-14-7-10-20-13-14)23-11-8-15(9-12-23)19-21-16-3-1-2-4-17(16)22-19;;/h1-4,14-15,20H,5-13H2,(H,21,22);2*1H. The molecule has 2 fully saturated rings. The van der Waals surface area contributed by atoms with Gasteiger partial charge in [-0.05, 0) is 56.8 Å². The number of piperidine rings is 1. The first-order valence-corrected chi connectivity index (χ1v) is 9.23. The molecule has 1 amide bonds. The van der Waals surface area contributed by atoms with Crippen molar-refractivity contribution in [2.45, 2.75) is 38.0 Å². The molecule has 0 bridgehead atoms. The third-order valence-electron chi connectivity index (χ3n) is 5.57. The Kier molecular flexibility index (Phi) is 7.74. The van der Waals surface area contributed by atoms with Crippen LogP contribution < -0.4 is 5.32 Å². The maximum atomic E-state index is 12.4. The highest BCUT2D eigenvalue weighted by molar-refractivity contribution is 5.85. The molecule has 3 heterocycles. The SMILES string of the molecule is Cl.Cl.O=C(CCC1CCNC1)N1CCC(c2nc3ccccc3[nH]2)CC1. The number of nitrogens with one attached hydrogen (secondary N) is 2. The summed E-state index contributed by atoms with van der Waals surface area (Å²) in [7, 11) is 0. The average Bonchev–Trinajstić information content (AvgIpc) is 3.29. The van der Waals surface area contributed by atoms with Crippen molar-refractivity contribution < 1.29 is 4.79 Å². The van der Waals surface area contributed by atoms with Crippen LogP contribution in [0.5, 0.6) is 0 Å². The number of hydrogen-bond acceptors (Lipinski definition) is 3. The molecule has 4 rings (SSSR count). The van der Waals surface area contributed by atoms with Gasteiger partial charge in [-0.2, -0.15) is 0 Å². The van der Waals surface area contributed by atoms with Crippen molar-refractivity contribution in [3.05, 3.63) is 30.1 Å². The number of amides is 1. The van der Waals surface area contributed by atoms with Gasteiger partial charge in [0, 0.05) is 25.4 Å². The van der Waals surface area contributed by atoms with E-state index in [-0.39, 0.29) is 24.8 Å². The van der Waals surface area contributed by atoms with Crippen LogP contribution in [0.4, 0.5) is 0 Å². The monoisotopic (exact) mass is 398 g/mol. The zero-order valence-electron chi connectivity index (χ0n) is 14.9. The van der Waals surface area contributed by atoms with E-state index in [4.69, 9.17) is 4.98 Å². The van der Waals surface area contributed by atoms with Crippen LogP contribution in [-0.2, 0) is 4.79 Å². The number of benzene rings is 1. The van der Waals surface area contributed by atoms with Gasteiger partial charge in [-0.1, -0.05) is 12.1 Å². The van der Waals surface area contributed by atoms with Gasteiger partial charge < -0.3 is 15.2 Å². The molecule has 0 spiro atoms. The molecule has 1 aromatic heterocycles. The summed E-state index contributed by atoms with van der Waals surface area (Å²) < 4.78 is 0. The number of carbonyl (C=O) groups excluding carboxylic acids is 1. The highest BCUT2D eigenvalue weighted by atomic mass is 35.5. The molecule has 1 aromatic carbocycles. The molecule has 2 N–H and O–H groups in total. The van der Waals surface area contributed by atoms with Crippen molar-refractivity contribution in [1.82, 2.24) is 20.2 Å². The van der Waals surface area contributed by atoms with Crippen molar-refractivity contribution in [2.75, 3.05) is 26.2 Å². The molecule has 0 aliphatic carbocycles. The Morgan fingerprint density at radius 3 is 2.62 bits per heavy atom. The summed E-state index contributed by atoms with van der Waals surface area (Å²) >= 11 is 0. The van der Waals surface area contributed by atoms with Crippen LogP contribution in [0.2, 0.25) is 0 Å². The molecule has 2 aliphatic rings. The van der Waals surface area contributed by atoms with E-state index in [9.17, 15) is 4.79 Å². The fraction of sp³-hybridized carbons (Fsp3) is 0.579. The number of carbonyl (C=O) groups is 1. The van der Waals surface area contributed by atoms with Crippen LogP contribution in [-0.4, -0.2) is 47.0 Å². The van der Waals surface area contributed by atoms with Gasteiger partial charge in [-0.15, -0.1) is 24.8 Å². The lowest BCUT2D eigenvalue weighted by Gasteiger charge is -2.31. The molecular weight excluding hydrogens is 371 g/mol. The number of para-hydroxylation sites is 2. The molecule has 2 aromatic rings. The summed E-state index contributed by atoms with van der Waals surface area (Å²) in [6.45, 7) is 3.93. The largest absolute Gasteiger partial charge is 0.343 e. The molecule has 1 atom stereocenters. The molecule has 5 nitrogen and oxygen atoms in total. The summed E-state index contributed by atoms with van der Waals surface area (Å²) in [5, 5.41) is 3.38. The van der Waals surface area contributed by atoms with Crippen LogP contribution >= 0.6 is 24.8 Å². The highest BCUT2D eigenvalue weighted by Gasteiger charge is 2.26. The van der Waals surface area contributed by atoms with Crippen LogP contribution in [0, 0.1) is 5.92 Å². The zero-order chi connectivity index (χ0) is 16.4. The van der Waals surface area contributed by atoms with Crippen LogP contribution in [0.15, 0.2) is 24.3 Å². The van der Waals surface area contributed by atoms with Gasteiger partial charge in [-0.25, -0.2) is 4.98 Å². The zero-order valence-corrected chi connectivity index (χ0v) is 16.6. The Morgan fingerprint density at radius 1 is 1.15 bits per heavy atom. The predicted molar refractivity (Wildman–Crippen MR) is 109 cm³/mol. The van der Waals surface area contributed by atoms with E-state index in [1.54, 1.807) is 0 Å². The minimum Gasteiger partial charge on any atom is -0.343 e. The van der Waals surface area contributed by atoms with Gasteiger partial charge in [-0.3, -0.25) is 4.79 Å². The molecule has 2 saturated heterocycles. The molecule has 2 aliphatic heterocycles. The van der Waals surface area contributed by atoms with Crippen molar-refractivity contribution in [3.8, 4) is 0 Å². The Hall–Kier alpha value is -1.30. The minimum absolute atomic E-state index is 0. The van der Waals surface area contributed by atoms with Gasteiger partial charge in [0.2, 0.25) is 5.91 Å². The van der Waals surface area contributed by atoms with Gasteiger partial charge in [0.25, 0.3) is 0 Å². The van der Waals surface area contributed by atoms with E-state index < -0.39 is 0 Å². The van der Waals surface area contributed by atoms with Crippen molar-refractivity contribution >= 4 is 41.8 Å². The lowest BCUT2D eigenvalue weighted by molar-refractivity contribution is -0.132. The summed E-state index contributed by atoms with van der Waals surface area (Å²) in [6.07, 6.45) is 4.99. The lowest BCUT2D eigenvalue weighted by atomic mass is 9.95. The van der Waals surface area contributed by atoms with Gasteiger partial charge in [0.05, 0.1) is 11.0 Å². The highest BCUT2D eigenvalue weighted by Crippen LogP contribution is 2.28. The van der Waals surface area contributed by atoms with E-state index in [1.165, 1.54) is 6.42 Å². The Balaban J connectivity index is 0.00000121. The number of likely N-dealkylation sites (tertiary alicyclic amines) is 1. The van der Waals surface area contributed by atoms with E-state index in [1.807, 2.05) is 18.2 Å². The number of nitrogens with zero attached hydrogens (tertiary/aromatic N) is 2. The van der Waals surface area contributed by atoms with Gasteiger partial charge in [0.15, 0.2) is 0 Å². The number of halogens is 2. The smallest absolute Gasteiger partial charge is 0.222 e. The van der Waals surface area contributed by atoms with Crippen LogP contribution in [0.25, 0.3) is 11.0 Å². The first kappa shape index (κ1) is 21.0. The number of aromatic nitrogens is 2. The molecule has 0 radical (unpaired) electrons. The fourth-order valence-electron chi connectivity index (χ4n) is 4.01. The average molecular weight is 399 g/mol. The predicted octanol–water partition coefficient (Wildman–Crippen LogP) is 3.50. The third-order valence-corrected chi connectivity index (χ3v) is 5.57. The van der Waals surface area contributed by atoms with Crippen LogP contribution in [0.1, 0.15) is 43.8 Å². The Bertz CT molecular complexity index is 673. The number of H-pyrrole nitrogens is 1. The first-order valence-electron chi connectivity index (χ1n) is 9.23. The lowest BCUT2D eigenvalue weighted by Crippen LogP contribution is -2.38. The number of rotatable bonds is 4. The molecule has 144 valence electrons. The van der Waals surface area contributed by atoms with Crippen molar-refractivity contribution in [3.63, 3.8) is 0 Å². The molecule has 7 heteroatoms. The maximum absolute atomic E-state index is 12.4. The second kappa shape index (κ2) is 9.58. The van der Waals surface area contributed by atoms with E-state index in [0.29, 0.717) is 24.2 Å². The quantitative estimate of drug-likeness (QED) is 0.827. The molecule has 26 heavy (non-hydrogen) atoms. The summed E-state index contributed by atoms with van der Waals surface area (Å²) in [5.74, 6) is 2.56. The maximum Gasteiger partial charge on any atom is 0.222 e. The Labute approximate surface area is 167 Å².